The Hall–Kier alpha value is -0.920. The monoisotopic (exact) mass is 267 g/mol. The molecule has 1 heterocycles. The zero-order valence-electron chi connectivity index (χ0n) is 5.11. The van der Waals surface area contributed by atoms with Gasteiger partial charge in [-0.15, -0.1) is 0 Å². The van der Waals surface area contributed by atoms with Crippen LogP contribution in [0.4, 0.5) is 4.79 Å². The van der Waals surface area contributed by atoms with Crippen LogP contribution in [0.25, 0.3) is 0 Å². The third-order valence-corrected chi connectivity index (χ3v) is 1.13. The molecule has 0 N–H and O–H groups in total. The quantitative estimate of drug-likeness (QED) is 0.392. The Morgan fingerprint density at radius 1 is 1.36 bits per heavy atom. The first-order chi connectivity index (χ1) is 5.11. The zero-order valence-corrected chi connectivity index (χ0v) is 7.27. The SMILES string of the molecule is O=C(I)ON1C(=O)C=CC1=O. The molecule has 0 unspecified atom stereocenters. The molecule has 0 fully saturated rings. The Morgan fingerprint density at radius 2 is 1.82 bits per heavy atom. The number of nitrogens with zero attached hydrogens (tertiary/aromatic N) is 1. The Balaban J connectivity index is 2.66. The second-order valence-corrected chi connectivity index (χ2v) is 2.51. The van der Waals surface area contributed by atoms with Crippen LogP contribution in [-0.2, 0) is 14.4 Å². The molecule has 0 saturated heterocycles. The van der Waals surface area contributed by atoms with Crippen LogP contribution in [0, 0.1) is 0 Å². The summed E-state index contributed by atoms with van der Waals surface area (Å²) in [5.41, 5.74) is 0. The molecule has 11 heavy (non-hydrogen) atoms. The molecule has 1 aliphatic heterocycles. The van der Waals surface area contributed by atoms with Crippen molar-refractivity contribution in [2.75, 3.05) is 0 Å². The molecule has 58 valence electrons. The van der Waals surface area contributed by atoms with E-state index in [0.29, 0.717) is 5.06 Å². The van der Waals surface area contributed by atoms with Crippen LogP contribution in [0.15, 0.2) is 12.2 Å². The van der Waals surface area contributed by atoms with Crippen molar-refractivity contribution in [3.8, 4) is 0 Å². The molecular weight excluding hydrogens is 265 g/mol. The number of hydroxylamine groups is 2. The molecule has 0 aliphatic carbocycles. The van der Waals surface area contributed by atoms with Crippen molar-refractivity contribution in [3.05, 3.63) is 12.2 Å². The van der Waals surface area contributed by atoms with Gasteiger partial charge in [0.1, 0.15) is 0 Å². The molecule has 0 saturated carbocycles. The maximum absolute atomic E-state index is 10.7. The van der Waals surface area contributed by atoms with E-state index >= 15 is 0 Å². The van der Waals surface area contributed by atoms with Gasteiger partial charge in [-0.25, -0.2) is 4.79 Å². The van der Waals surface area contributed by atoms with Gasteiger partial charge in [-0.1, -0.05) is 5.06 Å². The minimum atomic E-state index is -0.729. The summed E-state index contributed by atoms with van der Waals surface area (Å²) in [5, 5.41) is 0.398. The van der Waals surface area contributed by atoms with Crippen molar-refractivity contribution in [3.63, 3.8) is 0 Å². The van der Waals surface area contributed by atoms with Crippen LogP contribution in [0.1, 0.15) is 0 Å². The molecule has 0 radical (unpaired) electrons. The third kappa shape index (κ3) is 1.76. The van der Waals surface area contributed by atoms with Gasteiger partial charge in [-0.05, 0) is 0 Å². The topological polar surface area (TPSA) is 63.7 Å². The van der Waals surface area contributed by atoms with Crippen LogP contribution in [0.3, 0.4) is 0 Å². The van der Waals surface area contributed by atoms with Gasteiger partial charge in [0.05, 0.1) is 22.6 Å². The second-order valence-electron chi connectivity index (χ2n) is 1.63. The van der Waals surface area contributed by atoms with Crippen molar-refractivity contribution in [2.45, 2.75) is 0 Å². The largest absolute Gasteiger partial charge is 0.391 e. The summed E-state index contributed by atoms with van der Waals surface area (Å²) in [6, 6.07) is 0. The summed E-state index contributed by atoms with van der Waals surface area (Å²) in [6.07, 6.45) is 2.06. The van der Waals surface area contributed by atoms with Gasteiger partial charge in [-0.2, -0.15) is 0 Å². The number of imide groups is 1. The van der Waals surface area contributed by atoms with Crippen molar-refractivity contribution < 1.29 is 19.2 Å². The molecule has 0 bridgehead atoms. The van der Waals surface area contributed by atoms with E-state index in [-0.39, 0.29) is 0 Å². The minimum absolute atomic E-state index is 0.398. The fourth-order valence-electron chi connectivity index (χ4n) is 0.548. The Kier molecular flexibility index (Phi) is 2.22. The number of hydrogen-bond acceptors (Lipinski definition) is 4. The first-order valence-electron chi connectivity index (χ1n) is 2.55. The summed E-state index contributed by atoms with van der Waals surface area (Å²) in [6.45, 7) is 0. The summed E-state index contributed by atoms with van der Waals surface area (Å²) < 4.78 is -0.729. The molecule has 0 aromatic heterocycles. The van der Waals surface area contributed by atoms with E-state index in [4.69, 9.17) is 0 Å². The fourth-order valence-corrected chi connectivity index (χ4v) is 0.745. The van der Waals surface area contributed by atoms with E-state index in [2.05, 4.69) is 4.84 Å². The fraction of sp³-hybridized carbons (Fsp3) is 0. The van der Waals surface area contributed by atoms with Gasteiger partial charge < -0.3 is 4.84 Å². The highest BCUT2D eigenvalue weighted by Crippen LogP contribution is 2.06. The molecular formula is C5H2INO4. The summed E-state index contributed by atoms with van der Waals surface area (Å²) in [4.78, 5) is 35.9. The lowest BCUT2D eigenvalue weighted by Gasteiger charge is -2.08. The number of carbonyl (C=O) groups is 3. The summed E-state index contributed by atoms with van der Waals surface area (Å²) in [7, 11) is 0. The van der Waals surface area contributed by atoms with E-state index < -0.39 is 15.8 Å². The second kappa shape index (κ2) is 2.99. The zero-order chi connectivity index (χ0) is 8.43. The Bertz CT molecular complexity index is 241. The van der Waals surface area contributed by atoms with Crippen molar-refractivity contribution >= 4 is 38.4 Å². The molecule has 0 spiro atoms. The number of hydrogen-bond donors (Lipinski definition) is 0. The van der Waals surface area contributed by atoms with Crippen molar-refractivity contribution in [1.29, 1.82) is 0 Å². The van der Waals surface area contributed by atoms with Gasteiger partial charge >= 0.3 is 3.98 Å². The molecule has 0 atom stereocenters. The van der Waals surface area contributed by atoms with Crippen LogP contribution in [-0.4, -0.2) is 20.9 Å². The average Bonchev–Trinajstić information content (AvgIpc) is 2.18. The van der Waals surface area contributed by atoms with E-state index in [9.17, 15) is 14.4 Å². The van der Waals surface area contributed by atoms with Crippen LogP contribution < -0.4 is 0 Å². The molecule has 6 heteroatoms. The standard InChI is InChI=1S/C5H2INO4/c6-5(10)11-7-3(8)1-2-4(7)9/h1-2H. The molecule has 2 amide bonds. The van der Waals surface area contributed by atoms with Gasteiger partial charge in [0.2, 0.25) is 0 Å². The molecule has 1 rings (SSSR count). The van der Waals surface area contributed by atoms with Crippen LogP contribution in [0.5, 0.6) is 0 Å². The lowest BCUT2D eigenvalue weighted by atomic mass is 10.6. The number of amides is 2. The van der Waals surface area contributed by atoms with E-state index in [1.54, 1.807) is 0 Å². The lowest BCUT2D eigenvalue weighted by molar-refractivity contribution is -0.167. The number of carbonyl (C=O) groups excluding carboxylic acids is 3. The van der Waals surface area contributed by atoms with Gasteiger partial charge in [0.15, 0.2) is 0 Å². The maximum Gasteiger partial charge on any atom is 0.391 e. The van der Waals surface area contributed by atoms with Crippen molar-refractivity contribution in [1.82, 2.24) is 5.06 Å². The molecule has 1 aliphatic rings. The highest BCUT2D eigenvalue weighted by atomic mass is 127. The molecule has 0 aromatic carbocycles. The molecule has 0 aromatic rings. The highest BCUT2D eigenvalue weighted by molar-refractivity contribution is 14.1. The summed E-state index contributed by atoms with van der Waals surface area (Å²) in [5.74, 6) is -1.28. The van der Waals surface area contributed by atoms with Gasteiger partial charge in [0.25, 0.3) is 11.8 Å². The molecule has 5 nitrogen and oxygen atoms in total. The van der Waals surface area contributed by atoms with Crippen molar-refractivity contribution in [2.24, 2.45) is 0 Å². The Labute approximate surface area is 75.1 Å². The Morgan fingerprint density at radius 3 is 2.18 bits per heavy atom. The normalized spacial score (nSPS) is 15.9. The van der Waals surface area contributed by atoms with E-state index in [1.165, 1.54) is 22.6 Å². The van der Waals surface area contributed by atoms with Gasteiger partial charge in [-0.3, -0.25) is 9.59 Å². The highest BCUT2D eigenvalue weighted by Gasteiger charge is 2.26. The predicted octanol–water partition coefficient (Wildman–Crippen LogP) is 0.398. The smallest absolute Gasteiger partial charge is 0.319 e. The van der Waals surface area contributed by atoms with Gasteiger partial charge in [0, 0.05) is 12.2 Å². The maximum atomic E-state index is 10.7. The minimum Gasteiger partial charge on any atom is -0.319 e. The van der Waals surface area contributed by atoms with Crippen LogP contribution >= 0.6 is 22.6 Å². The lowest BCUT2D eigenvalue weighted by Crippen LogP contribution is -2.30. The third-order valence-electron chi connectivity index (χ3n) is 0.932. The van der Waals surface area contributed by atoms with E-state index in [1.807, 2.05) is 0 Å². The van der Waals surface area contributed by atoms with Crippen LogP contribution in [0.2, 0.25) is 0 Å². The first kappa shape index (κ1) is 8.18. The first-order valence-corrected chi connectivity index (χ1v) is 3.62. The number of rotatable bonds is 1. The summed E-state index contributed by atoms with van der Waals surface area (Å²) >= 11 is 1.32. The number of halogens is 1. The van der Waals surface area contributed by atoms with E-state index in [0.717, 1.165) is 12.2 Å². The average molecular weight is 267 g/mol. The predicted molar refractivity (Wildman–Crippen MR) is 41.5 cm³/mol.